The van der Waals surface area contributed by atoms with E-state index in [9.17, 15) is 9.90 Å². The summed E-state index contributed by atoms with van der Waals surface area (Å²) in [5, 5.41) is 9.45. The smallest absolute Gasteiger partial charge is 0.289 e. The number of carbonyl (C=O) groups is 1. The Kier molecular flexibility index (Phi) is 3.81. The number of furan rings is 1. The molecule has 0 spiro atoms. The van der Waals surface area contributed by atoms with Gasteiger partial charge in [-0.15, -0.1) is 0 Å². The van der Waals surface area contributed by atoms with Crippen LogP contribution in [0.2, 0.25) is 5.22 Å². The standard InChI is InChI=1S/C14H14ClNO3/c1-9(10-3-5-11(17)6-4-10)16(2)14(18)12-7-8-13(15)19-12/h3-9,17H,1-2H3. The Bertz CT molecular complexity index is 577. The molecule has 2 aromatic rings. The van der Waals surface area contributed by atoms with E-state index in [-0.39, 0.29) is 28.7 Å². The Balaban J connectivity index is 2.16. The van der Waals surface area contributed by atoms with Gasteiger partial charge in [0.15, 0.2) is 11.0 Å². The van der Waals surface area contributed by atoms with E-state index in [4.69, 9.17) is 16.0 Å². The van der Waals surface area contributed by atoms with Crippen LogP contribution in [0.1, 0.15) is 29.1 Å². The summed E-state index contributed by atoms with van der Waals surface area (Å²) in [5.41, 5.74) is 0.923. The Morgan fingerprint density at radius 2 is 1.89 bits per heavy atom. The second-order valence-corrected chi connectivity index (χ2v) is 4.66. The molecule has 0 saturated heterocycles. The van der Waals surface area contributed by atoms with Crippen molar-refractivity contribution in [1.82, 2.24) is 4.90 Å². The Hall–Kier alpha value is -1.94. The van der Waals surface area contributed by atoms with Crippen LogP contribution >= 0.6 is 11.6 Å². The number of benzene rings is 1. The summed E-state index contributed by atoms with van der Waals surface area (Å²) in [4.78, 5) is 13.7. The highest BCUT2D eigenvalue weighted by molar-refractivity contribution is 6.29. The van der Waals surface area contributed by atoms with E-state index >= 15 is 0 Å². The fourth-order valence-electron chi connectivity index (χ4n) is 1.76. The molecule has 1 heterocycles. The van der Waals surface area contributed by atoms with Crippen molar-refractivity contribution in [2.45, 2.75) is 13.0 Å². The molecule has 4 nitrogen and oxygen atoms in total. The number of phenolic OH excluding ortho intramolecular Hbond substituents is 1. The maximum Gasteiger partial charge on any atom is 0.289 e. The van der Waals surface area contributed by atoms with Crippen molar-refractivity contribution < 1.29 is 14.3 Å². The van der Waals surface area contributed by atoms with Gasteiger partial charge in [-0.05, 0) is 48.4 Å². The van der Waals surface area contributed by atoms with Crippen LogP contribution in [0.15, 0.2) is 40.8 Å². The van der Waals surface area contributed by atoms with Crippen LogP contribution < -0.4 is 0 Å². The lowest BCUT2D eigenvalue weighted by Crippen LogP contribution is -2.29. The number of rotatable bonds is 3. The van der Waals surface area contributed by atoms with Crippen LogP contribution in [-0.4, -0.2) is 23.0 Å². The zero-order valence-electron chi connectivity index (χ0n) is 10.6. The minimum absolute atomic E-state index is 0.142. The zero-order valence-corrected chi connectivity index (χ0v) is 11.4. The van der Waals surface area contributed by atoms with E-state index in [1.165, 1.54) is 6.07 Å². The minimum Gasteiger partial charge on any atom is -0.508 e. The Labute approximate surface area is 116 Å². The van der Waals surface area contributed by atoms with Gasteiger partial charge in [0, 0.05) is 7.05 Å². The fraction of sp³-hybridized carbons (Fsp3) is 0.214. The molecule has 0 aliphatic carbocycles. The molecule has 0 aliphatic heterocycles. The second-order valence-electron chi connectivity index (χ2n) is 4.29. The number of aromatic hydroxyl groups is 1. The van der Waals surface area contributed by atoms with Crippen LogP contribution in [-0.2, 0) is 0 Å². The topological polar surface area (TPSA) is 53.7 Å². The number of carbonyl (C=O) groups excluding carboxylic acids is 1. The second kappa shape index (κ2) is 5.36. The summed E-state index contributed by atoms with van der Waals surface area (Å²) >= 11 is 5.66. The molecule has 0 aliphatic rings. The average Bonchev–Trinajstić information content (AvgIpc) is 2.84. The van der Waals surface area contributed by atoms with Crippen molar-refractivity contribution in [2.24, 2.45) is 0 Å². The van der Waals surface area contributed by atoms with Gasteiger partial charge < -0.3 is 14.4 Å². The number of amides is 1. The lowest BCUT2D eigenvalue weighted by molar-refractivity contribution is 0.0710. The van der Waals surface area contributed by atoms with Crippen molar-refractivity contribution in [3.63, 3.8) is 0 Å². The quantitative estimate of drug-likeness (QED) is 0.936. The number of hydrogen-bond acceptors (Lipinski definition) is 3. The summed E-state index contributed by atoms with van der Waals surface area (Å²) in [7, 11) is 1.69. The number of hydrogen-bond donors (Lipinski definition) is 1. The van der Waals surface area contributed by atoms with E-state index in [1.807, 2.05) is 6.92 Å². The minimum atomic E-state index is -0.243. The summed E-state index contributed by atoms with van der Waals surface area (Å²) in [6.07, 6.45) is 0. The number of nitrogens with zero attached hydrogens (tertiary/aromatic N) is 1. The number of halogens is 1. The van der Waals surface area contributed by atoms with Crippen LogP contribution in [0.25, 0.3) is 0 Å². The molecule has 1 atom stereocenters. The van der Waals surface area contributed by atoms with E-state index < -0.39 is 0 Å². The molecule has 2 rings (SSSR count). The van der Waals surface area contributed by atoms with Gasteiger partial charge in [0.05, 0.1) is 6.04 Å². The van der Waals surface area contributed by atoms with Gasteiger partial charge in [0.2, 0.25) is 0 Å². The lowest BCUT2D eigenvalue weighted by atomic mass is 10.1. The third-order valence-electron chi connectivity index (χ3n) is 3.06. The van der Waals surface area contributed by atoms with Gasteiger partial charge in [0.1, 0.15) is 5.75 Å². The molecule has 1 N–H and O–H groups in total. The molecule has 1 aromatic heterocycles. The van der Waals surface area contributed by atoms with E-state index in [0.717, 1.165) is 5.56 Å². The molecule has 5 heteroatoms. The van der Waals surface area contributed by atoms with Crippen molar-refractivity contribution >= 4 is 17.5 Å². The highest BCUT2D eigenvalue weighted by Gasteiger charge is 2.21. The molecular weight excluding hydrogens is 266 g/mol. The Morgan fingerprint density at radius 3 is 2.42 bits per heavy atom. The maximum atomic E-state index is 12.2. The first-order chi connectivity index (χ1) is 8.99. The summed E-state index contributed by atoms with van der Waals surface area (Å²) in [6, 6.07) is 9.68. The first kappa shape index (κ1) is 13.5. The van der Waals surface area contributed by atoms with Gasteiger partial charge in [-0.1, -0.05) is 12.1 Å². The van der Waals surface area contributed by atoms with E-state index in [2.05, 4.69) is 0 Å². The van der Waals surface area contributed by atoms with Crippen molar-refractivity contribution in [2.75, 3.05) is 7.05 Å². The van der Waals surface area contributed by atoms with Crippen molar-refractivity contribution in [3.8, 4) is 5.75 Å². The predicted octanol–water partition coefficient (Wildman–Crippen LogP) is 3.47. The molecule has 1 unspecified atom stereocenters. The van der Waals surface area contributed by atoms with Crippen molar-refractivity contribution in [3.05, 3.63) is 52.9 Å². The predicted molar refractivity (Wildman–Crippen MR) is 72.3 cm³/mol. The van der Waals surface area contributed by atoms with E-state index in [1.54, 1.807) is 42.3 Å². The largest absolute Gasteiger partial charge is 0.508 e. The molecule has 100 valence electrons. The van der Waals surface area contributed by atoms with Gasteiger partial charge in [-0.3, -0.25) is 4.79 Å². The highest BCUT2D eigenvalue weighted by Crippen LogP contribution is 2.23. The SMILES string of the molecule is CC(c1ccc(O)cc1)N(C)C(=O)c1ccc(Cl)o1. The first-order valence-corrected chi connectivity index (χ1v) is 6.18. The van der Waals surface area contributed by atoms with Crippen LogP contribution in [0.4, 0.5) is 0 Å². The lowest BCUT2D eigenvalue weighted by Gasteiger charge is -2.24. The summed E-state index contributed by atoms with van der Waals surface area (Å²) < 4.78 is 5.11. The first-order valence-electron chi connectivity index (χ1n) is 5.80. The fourth-order valence-corrected chi connectivity index (χ4v) is 1.90. The van der Waals surface area contributed by atoms with Crippen LogP contribution in [0, 0.1) is 0 Å². The molecule has 0 saturated carbocycles. The van der Waals surface area contributed by atoms with Gasteiger partial charge in [-0.25, -0.2) is 0 Å². The Morgan fingerprint density at radius 1 is 1.26 bits per heavy atom. The van der Waals surface area contributed by atoms with Gasteiger partial charge in [-0.2, -0.15) is 0 Å². The zero-order chi connectivity index (χ0) is 14.0. The molecule has 0 bridgehead atoms. The normalized spacial score (nSPS) is 12.2. The van der Waals surface area contributed by atoms with Crippen molar-refractivity contribution in [1.29, 1.82) is 0 Å². The average molecular weight is 280 g/mol. The molecule has 0 radical (unpaired) electrons. The molecule has 1 aromatic carbocycles. The third-order valence-corrected chi connectivity index (χ3v) is 3.26. The molecule has 19 heavy (non-hydrogen) atoms. The maximum absolute atomic E-state index is 12.2. The molecular formula is C14H14ClNO3. The third kappa shape index (κ3) is 2.90. The van der Waals surface area contributed by atoms with Gasteiger partial charge >= 0.3 is 0 Å². The molecule has 0 fully saturated rings. The highest BCUT2D eigenvalue weighted by atomic mass is 35.5. The van der Waals surface area contributed by atoms with E-state index in [0.29, 0.717) is 0 Å². The van der Waals surface area contributed by atoms with Gasteiger partial charge in [0.25, 0.3) is 5.91 Å². The summed E-state index contributed by atoms with van der Waals surface area (Å²) in [6.45, 7) is 1.90. The number of phenols is 1. The van der Waals surface area contributed by atoms with Crippen LogP contribution in [0.3, 0.4) is 0 Å². The van der Waals surface area contributed by atoms with Crippen LogP contribution in [0.5, 0.6) is 5.75 Å². The summed E-state index contributed by atoms with van der Waals surface area (Å²) in [5.74, 6) is 0.161. The monoisotopic (exact) mass is 279 g/mol. The molecule has 1 amide bonds.